The Kier molecular flexibility index (Phi) is 7.84. The summed E-state index contributed by atoms with van der Waals surface area (Å²) in [5.41, 5.74) is 3.25. The molecule has 2 atom stereocenters. The number of carbonyl (C=O) groups is 2. The van der Waals surface area contributed by atoms with Gasteiger partial charge in [-0.3, -0.25) is 4.79 Å². The van der Waals surface area contributed by atoms with Gasteiger partial charge in [0.05, 0.1) is 29.7 Å². The summed E-state index contributed by atoms with van der Waals surface area (Å²) in [6.45, 7) is 10.3. The van der Waals surface area contributed by atoms with Gasteiger partial charge in [0.15, 0.2) is 0 Å². The quantitative estimate of drug-likeness (QED) is 0.433. The molecule has 2 N–H and O–H groups in total. The number of anilines is 2. The van der Waals surface area contributed by atoms with E-state index < -0.39 is 28.1 Å². The van der Waals surface area contributed by atoms with E-state index in [-0.39, 0.29) is 47.7 Å². The number of amides is 2. The fraction of sp³-hybridized carbons (Fsp3) is 0.400. The third kappa shape index (κ3) is 6.64. The van der Waals surface area contributed by atoms with Gasteiger partial charge in [-0.15, -0.1) is 0 Å². The summed E-state index contributed by atoms with van der Waals surface area (Å²) >= 11 is 0. The molecule has 5 rings (SSSR count). The number of piperidine rings is 1. The van der Waals surface area contributed by atoms with Crippen LogP contribution in [0.5, 0.6) is 5.88 Å². The Hall–Kier alpha value is -4.19. The van der Waals surface area contributed by atoms with Crippen LogP contribution in [0.2, 0.25) is 0 Å². The van der Waals surface area contributed by atoms with E-state index >= 15 is 0 Å². The minimum Gasteiger partial charge on any atom is -0.472 e. The number of hydrogen-bond acceptors (Lipinski definition) is 8. The summed E-state index contributed by atoms with van der Waals surface area (Å²) in [5.74, 6) is -1.06. The van der Waals surface area contributed by atoms with E-state index in [1.807, 2.05) is 52.8 Å². The second kappa shape index (κ2) is 11.2. The molecule has 2 aliphatic heterocycles. The zero-order valence-corrected chi connectivity index (χ0v) is 25.1. The molecule has 0 unspecified atom stereocenters. The fourth-order valence-electron chi connectivity index (χ4n) is 5.06. The van der Waals surface area contributed by atoms with Crippen molar-refractivity contribution < 1.29 is 27.5 Å². The predicted molar refractivity (Wildman–Crippen MR) is 158 cm³/mol. The van der Waals surface area contributed by atoms with Crippen LogP contribution in [-0.4, -0.2) is 61.1 Å². The number of hydrogen-bond donors (Lipinski definition) is 2. The first-order valence-electron chi connectivity index (χ1n) is 13.8. The Morgan fingerprint density at radius 1 is 1.07 bits per heavy atom. The van der Waals surface area contributed by atoms with Crippen molar-refractivity contribution in [2.24, 2.45) is 11.3 Å². The SMILES string of the molecule is Cc1cccc(C)c1-c1cc2nc(n1)NS(=O)(=O)c1cccc(c1)NC(=O)[C@@H]1C[C@@H](CN(C(=O)OCC(C)(C)C)C1)O2. The molecule has 42 heavy (non-hydrogen) atoms. The summed E-state index contributed by atoms with van der Waals surface area (Å²) in [6, 6.07) is 13.4. The molecule has 0 aliphatic carbocycles. The first kappa shape index (κ1) is 29.3. The van der Waals surface area contributed by atoms with E-state index in [4.69, 9.17) is 9.47 Å². The molecule has 0 saturated carbocycles. The van der Waals surface area contributed by atoms with Crippen LogP contribution in [0.15, 0.2) is 53.4 Å². The molecule has 0 spiro atoms. The number of carbonyl (C=O) groups excluding carboxylic acids is 2. The molecule has 2 aromatic carbocycles. The minimum atomic E-state index is -4.11. The molecule has 2 aliphatic rings. The van der Waals surface area contributed by atoms with Crippen LogP contribution in [-0.2, 0) is 19.6 Å². The van der Waals surface area contributed by atoms with Crippen molar-refractivity contribution in [1.29, 1.82) is 0 Å². The highest BCUT2D eigenvalue weighted by Gasteiger charge is 2.37. The van der Waals surface area contributed by atoms with Gasteiger partial charge in [0.2, 0.25) is 17.7 Å². The third-order valence-corrected chi connectivity index (χ3v) is 8.36. The molecule has 6 bridgehead atoms. The lowest BCUT2D eigenvalue weighted by Gasteiger charge is -2.36. The van der Waals surface area contributed by atoms with Crippen LogP contribution in [0.1, 0.15) is 38.3 Å². The van der Waals surface area contributed by atoms with Crippen molar-refractivity contribution in [3.63, 3.8) is 0 Å². The predicted octanol–water partition coefficient (Wildman–Crippen LogP) is 4.77. The van der Waals surface area contributed by atoms with Gasteiger partial charge in [0, 0.05) is 23.9 Å². The molecule has 2 amide bonds. The molecular formula is C30H35N5O6S. The van der Waals surface area contributed by atoms with E-state index in [9.17, 15) is 18.0 Å². The fourth-order valence-corrected chi connectivity index (χ4v) is 6.05. The van der Waals surface area contributed by atoms with Gasteiger partial charge < -0.3 is 19.7 Å². The van der Waals surface area contributed by atoms with E-state index in [0.29, 0.717) is 17.8 Å². The summed E-state index contributed by atoms with van der Waals surface area (Å²) in [5, 5.41) is 2.80. The highest BCUT2D eigenvalue weighted by atomic mass is 32.2. The number of aromatic nitrogens is 2. The van der Waals surface area contributed by atoms with Crippen LogP contribution in [0.3, 0.4) is 0 Å². The number of ether oxygens (including phenoxy) is 2. The highest BCUT2D eigenvalue weighted by Crippen LogP contribution is 2.32. The average molecular weight is 594 g/mol. The Labute approximate surface area is 245 Å². The number of sulfonamides is 1. The topological polar surface area (TPSA) is 140 Å². The summed E-state index contributed by atoms with van der Waals surface area (Å²) in [4.78, 5) is 36.8. The minimum absolute atomic E-state index is 0.0743. The maximum absolute atomic E-state index is 13.4. The zero-order chi connectivity index (χ0) is 30.2. The third-order valence-electron chi connectivity index (χ3n) is 7.03. The number of likely N-dealkylation sites (tertiary alicyclic amines) is 1. The maximum Gasteiger partial charge on any atom is 0.409 e. The van der Waals surface area contributed by atoms with Crippen molar-refractivity contribution >= 4 is 33.7 Å². The molecule has 12 heteroatoms. The smallest absolute Gasteiger partial charge is 0.409 e. The van der Waals surface area contributed by atoms with E-state index in [2.05, 4.69) is 20.0 Å². The second-order valence-electron chi connectivity index (χ2n) is 12.0. The van der Waals surface area contributed by atoms with Crippen molar-refractivity contribution in [2.75, 3.05) is 29.7 Å². The number of rotatable bonds is 2. The number of aryl methyl sites for hydroxylation is 2. The number of nitrogens with zero attached hydrogens (tertiary/aromatic N) is 3. The van der Waals surface area contributed by atoms with Gasteiger partial charge in [-0.2, -0.15) is 4.98 Å². The summed E-state index contributed by atoms with van der Waals surface area (Å²) < 4.78 is 41.0. The van der Waals surface area contributed by atoms with E-state index in [1.54, 1.807) is 18.2 Å². The lowest BCUT2D eigenvalue weighted by atomic mass is 9.95. The average Bonchev–Trinajstić information content (AvgIpc) is 2.90. The van der Waals surface area contributed by atoms with Gasteiger partial charge in [0.25, 0.3) is 10.0 Å². The lowest BCUT2D eigenvalue weighted by molar-refractivity contribution is -0.122. The molecule has 11 nitrogen and oxygen atoms in total. The first-order chi connectivity index (χ1) is 19.8. The van der Waals surface area contributed by atoms with Gasteiger partial charge >= 0.3 is 6.09 Å². The van der Waals surface area contributed by atoms with Crippen molar-refractivity contribution in [2.45, 2.75) is 52.0 Å². The van der Waals surface area contributed by atoms with Crippen molar-refractivity contribution in [3.05, 3.63) is 59.7 Å². The number of fused-ring (bicyclic) bond motifs is 6. The molecule has 3 aromatic rings. The van der Waals surface area contributed by atoms with Crippen molar-refractivity contribution in [3.8, 4) is 17.1 Å². The van der Waals surface area contributed by atoms with Crippen molar-refractivity contribution in [1.82, 2.24) is 14.9 Å². The zero-order valence-electron chi connectivity index (χ0n) is 24.3. The standard InChI is InChI=1S/C30H35N5O6S/c1-18-8-6-9-19(2)26(18)24-14-25-33-28(32-24)34-42(38,39)23-11-7-10-21(13-23)31-27(36)20-12-22(41-25)16-35(15-20)29(37)40-17-30(3,4)5/h6-11,13-14,20,22H,12,15-17H2,1-5H3,(H,31,36)(H,32,33,34)/t20-,22+/m1/s1. The molecule has 0 radical (unpaired) electrons. The molecule has 222 valence electrons. The van der Waals surface area contributed by atoms with Crippen LogP contribution < -0.4 is 14.8 Å². The molecule has 1 aromatic heterocycles. The van der Waals surface area contributed by atoms with E-state index in [0.717, 1.165) is 16.7 Å². The van der Waals surface area contributed by atoms with Gasteiger partial charge in [-0.25, -0.2) is 22.9 Å². The van der Waals surface area contributed by atoms with Crippen LogP contribution in [0.4, 0.5) is 16.4 Å². The summed E-state index contributed by atoms with van der Waals surface area (Å²) in [7, 11) is -4.11. The molecule has 3 heterocycles. The van der Waals surface area contributed by atoms with E-state index in [1.165, 1.54) is 17.0 Å². The Morgan fingerprint density at radius 2 is 1.79 bits per heavy atom. The summed E-state index contributed by atoms with van der Waals surface area (Å²) in [6.07, 6.45) is -0.860. The maximum atomic E-state index is 13.4. The van der Waals surface area contributed by atoms with Crippen LogP contribution >= 0.6 is 0 Å². The Balaban J connectivity index is 1.59. The monoisotopic (exact) mass is 593 g/mol. The number of nitrogens with one attached hydrogen (secondary N) is 2. The molecule has 1 fully saturated rings. The first-order valence-corrected chi connectivity index (χ1v) is 15.2. The lowest BCUT2D eigenvalue weighted by Crippen LogP contribution is -2.51. The molecular weight excluding hydrogens is 558 g/mol. The Bertz CT molecular complexity index is 1620. The largest absolute Gasteiger partial charge is 0.472 e. The molecule has 1 saturated heterocycles. The Morgan fingerprint density at radius 3 is 2.50 bits per heavy atom. The van der Waals surface area contributed by atoms with Crippen LogP contribution in [0, 0.1) is 25.2 Å². The van der Waals surface area contributed by atoms with Crippen LogP contribution in [0.25, 0.3) is 11.3 Å². The van der Waals surface area contributed by atoms with Gasteiger partial charge in [-0.05, 0) is 55.0 Å². The number of benzene rings is 2. The second-order valence-corrected chi connectivity index (χ2v) is 13.7. The highest BCUT2D eigenvalue weighted by molar-refractivity contribution is 7.92. The van der Waals surface area contributed by atoms with Gasteiger partial charge in [-0.1, -0.05) is 45.0 Å². The normalized spacial score (nSPS) is 19.9. The van der Waals surface area contributed by atoms with Gasteiger partial charge in [0.1, 0.15) is 6.10 Å².